The van der Waals surface area contributed by atoms with Gasteiger partial charge in [0, 0.05) is 53.6 Å². The minimum absolute atomic E-state index is 0.177. The number of amides is 1. The second-order valence-corrected chi connectivity index (χ2v) is 26.0. The van der Waals surface area contributed by atoms with Crippen molar-refractivity contribution < 1.29 is 9.59 Å². The van der Waals surface area contributed by atoms with Gasteiger partial charge < -0.3 is 9.80 Å². The molecule has 1 unspecified atom stereocenters. The van der Waals surface area contributed by atoms with Crippen molar-refractivity contribution in [2.75, 3.05) is 32.7 Å². The van der Waals surface area contributed by atoms with Gasteiger partial charge in [-0.3, -0.25) is 9.59 Å². The summed E-state index contributed by atoms with van der Waals surface area (Å²) in [4.78, 5) is 30.9. The van der Waals surface area contributed by atoms with E-state index in [-0.39, 0.29) is 17.6 Å². The van der Waals surface area contributed by atoms with Gasteiger partial charge in [-0.15, -0.1) is 0 Å². The van der Waals surface area contributed by atoms with Crippen molar-refractivity contribution in [3.63, 3.8) is 0 Å². The molecule has 2 saturated carbocycles. The molecule has 1 amide bonds. The number of hydrogen-bond donors (Lipinski definition) is 0. The van der Waals surface area contributed by atoms with Crippen molar-refractivity contribution in [2.45, 2.75) is 101 Å². The maximum absolute atomic E-state index is 13.5. The number of piperidine rings is 2. The lowest BCUT2D eigenvalue weighted by atomic mass is 9.63. The molecule has 0 spiro atoms. The van der Waals surface area contributed by atoms with Crippen LogP contribution in [0.15, 0.2) is 200 Å². The number of ketones is 1. The van der Waals surface area contributed by atoms with E-state index in [1.54, 1.807) is 0 Å². The quantitative estimate of drug-likeness (QED) is 0.0805. The molecule has 3 atom stereocenters. The molecule has 0 radical (unpaired) electrons. The number of halogens is 2. The number of Topliss-reactive ketones (excluding diaryl/α,β-unsaturated/α-hetero) is 1. The maximum Gasteiger partial charge on any atom is 0.233 e. The Morgan fingerprint density at radius 1 is 0.560 bits per heavy atom. The summed E-state index contributed by atoms with van der Waals surface area (Å²) in [6, 6.07) is 68.9. The van der Waals surface area contributed by atoms with Crippen molar-refractivity contribution in [1.82, 2.24) is 9.80 Å². The van der Waals surface area contributed by atoms with Crippen molar-refractivity contribution in [1.29, 1.82) is 0 Å². The Morgan fingerprint density at radius 2 is 1.03 bits per heavy atom. The minimum atomic E-state index is -1.78. The molecule has 0 bridgehead atoms. The van der Waals surface area contributed by atoms with Crippen LogP contribution in [0.3, 0.4) is 0 Å². The van der Waals surface area contributed by atoms with E-state index in [4.69, 9.17) is 29.5 Å². The Kier molecular flexibility index (Phi) is 18.5. The van der Waals surface area contributed by atoms with Gasteiger partial charge >= 0.3 is 0 Å². The first kappa shape index (κ1) is 54.3. The van der Waals surface area contributed by atoms with Crippen LogP contribution in [0.2, 0.25) is 10.0 Å². The number of rotatable bonds is 14. The highest BCUT2D eigenvalue weighted by Crippen LogP contribution is 2.47. The van der Waals surface area contributed by atoms with E-state index in [9.17, 15) is 9.59 Å². The first-order chi connectivity index (χ1) is 36.5. The lowest BCUT2D eigenvalue weighted by Crippen LogP contribution is -2.53. The summed E-state index contributed by atoms with van der Waals surface area (Å²) >= 11 is 12.2. The molecule has 0 N–H and O–H groups in total. The van der Waals surface area contributed by atoms with Crippen LogP contribution in [-0.4, -0.2) is 60.5 Å². The summed E-state index contributed by atoms with van der Waals surface area (Å²) in [5.41, 5.74) is 4.82. The van der Waals surface area contributed by atoms with Gasteiger partial charge in [0.05, 0.1) is 5.41 Å². The van der Waals surface area contributed by atoms with Crippen LogP contribution in [0.5, 0.6) is 0 Å². The zero-order valence-corrected chi connectivity index (χ0v) is 46.3. The third kappa shape index (κ3) is 13.2. The summed E-state index contributed by atoms with van der Waals surface area (Å²) in [6.07, 6.45) is 18.1. The molecule has 4 nitrogen and oxygen atoms in total. The lowest BCUT2D eigenvalue weighted by Gasteiger charge is -2.47. The summed E-state index contributed by atoms with van der Waals surface area (Å²) < 4.78 is 0. The SMILES string of the molecule is C=P(c1ccccc1)(c1ccccc1)c1ccccc1.CC(C[C@H]1CCCN(CC2(c3ccc(Cl)cc3)CCC2)C1)c1ccccc1.O=C(C[C@H]1CCCN(C(=O)C2(c3ccc(Cl)cc3)CCC2)C1)c1ccccc1. The molecule has 75 heavy (non-hydrogen) atoms. The Balaban J connectivity index is 0.000000140. The molecule has 2 aliphatic carbocycles. The first-order valence-corrected chi connectivity index (χ1v) is 30.3. The number of benzene rings is 7. The molecule has 7 aromatic rings. The molecule has 2 saturated heterocycles. The smallest absolute Gasteiger partial charge is 0.233 e. The van der Waals surface area contributed by atoms with Gasteiger partial charge in [0.15, 0.2) is 5.78 Å². The zero-order chi connectivity index (χ0) is 52.1. The van der Waals surface area contributed by atoms with Crippen LogP contribution in [0, 0.1) is 11.8 Å². The van der Waals surface area contributed by atoms with Gasteiger partial charge in [-0.2, -0.15) is 0 Å². The molecule has 388 valence electrons. The Bertz CT molecular complexity index is 2820. The minimum Gasteiger partial charge on any atom is -0.342 e. The molecule has 4 aliphatic rings. The van der Waals surface area contributed by atoms with E-state index in [1.807, 2.05) is 59.5 Å². The first-order valence-electron chi connectivity index (χ1n) is 27.6. The van der Waals surface area contributed by atoms with E-state index >= 15 is 0 Å². The highest BCUT2D eigenvalue weighted by molar-refractivity contribution is 7.93. The predicted octanol–water partition coefficient (Wildman–Crippen LogP) is 15.4. The molecule has 7 aromatic carbocycles. The fourth-order valence-corrected chi connectivity index (χ4v) is 15.6. The van der Waals surface area contributed by atoms with Crippen LogP contribution in [0.25, 0.3) is 0 Å². The van der Waals surface area contributed by atoms with E-state index in [0.29, 0.717) is 29.3 Å². The van der Waals surface area contributed by atoms with Crippen LogP contribution in [0.1, 0.15) is 117 Å². The normalized spacial score (nSPS) is 19.3. The van der Waals surface area contributed by atoms with Crippen molar-refractivity contribution in [3.8, 4) is 0 Å². The van der Waals surface area contributed by atoms with Crippen molar-refractivity contribution in [2.24, 2.45) is 11.8 Å². The van der Waals surface area contributed by atoms with E-state index in [2.05, 4.69) is 157 Å². The Labute approximate surface area is 458 Å². The second-order valence-electron chi connectivity index (χ2n) is 21.9. The van der Waals surface area contributed by atoms with Crippen molar-refractivity contribution in [3.05, 3.63) is 232 Å². The molecule has 7 heteroatoms. The standard InChI is InChI=1S/C25H32ClN.C24H26ClNO2.C19H17P/c1-20(22-8-3-2-4-9-22)17-21-7-5-16-27(18-21)19-25(14-6-15-25)23-10-12-24(26)13-11-23;25-21-11-9-20(10-12-21)24(13-5-14-24)23(28)26-15-4-6-18(17-26)16-22(27)19-7-2-1-3-8-19;1-20(17-11-5-2-6-12-17,18-13-7-3-8-14-18)19-15-9-4-10-16-19/h2-4,8-13,20-21H,5-7,14-19H2,1H3;1-3,7-12,18H,4-6,13-17H2;2-16H,1H2/t20?,21-;18-;/m11./s1. The van der Waals surface area contributed by atoms with Gasteiger partial charge in [0.1, 0.15) is 0 Å². The molecule has 2 heterocycles. The number of likely N-dealkylation sites (tertiary alicyclic amines) is 2. The topological polar surface area (TPSA) is 40.6 Å². The highest BCUT2D eigenvalue weighted by atomic mass is 35.5. The largest absolute Gasteiger partial charge is 0.342 e. The van der Waals surface area contributed by atoms with Crippen LogP contribution in [-0.2, 0) is 15.6 Å². The number of carbonyl (C=O) groups excluding carboxylic acids is 2. The summed E-state index contributed by atoms with van der Waals surface area (Å²) in [5, 5.41) is 5.50. The second kappa shape index (κ2) is 25.6. The van der Waals surface area contributed by atoms with Gasteiger partial charge in [-0.25, -0.2) is 0 Å². The fourth-order valence-electron chi connectivity index (χ4n) is 12.4. The average molecular weight is 1050 g/mol. The molecule has 2 aliphatic heterocycles. The fraction of sp³-hybridized carbons (Fsp3) is 0.338. The highest BCUT2D eigenvalue weighted by Gasteiger charge is 2.48. The molecular weight excluding hydrogens is 979 g/mol. The van der Waals surface area contributed by atoms with Gasteiger partial charge in [0.2, 0.25) is 5.91 Å². The summed E-state index contributed by atoms with van der Waals surface area (Å²) in [5.74, 6) is 2.14. The van der Waals surface area contributed by atoms with Gasteiger partial charge in [0.25, 0.3) is 0 Å². The van der Waals surface area contributed by atoms with E-state index < -0.39 is 12.3 Å². The third-order valence-electron chi connectivity index (χ3n) is 16.9. The summed E-state index contributed by atoms with van der Waals surface area (Å²) in [6.45, 7) is 5.87. The number of nitrogens with zero attached hydrogens (tertiary/aromatic N) is 2. The molecule has 4 fully saturated rings. The van der Waals surface area contributed by atoms with Crippen molar-refractivity contribution >= 4 is 64.0 Å². The Hall–Kier alpha value is -5.48. The predicted molar refractivity (Wildman–Crippen MR) is 320 cm³/mol. The van der Waals surface area contributed by atoms with E-state index in [0.717, 1.165) is 60.7 Å². The maximum atomic E-state index is 13.5. The monoisotopic (exact) mass is 1050 g/mol. The van der Waals surface area contributed by atoms with Crippen LogP contribution < -0.4 is 15.9 Å². The number of hydrogen-bond acceptors (Lipinski definition) is 3. The van der Waals surface area contributed by atoms with Crippen LogP contribution >= 0.6 is 30.1 Å². The van der Waals surface area contributed by atoms with Gasteiger partial charge in [-0.05, 0) is 146 Å². The molecule has 11 rings (SSSR count). The average Bonchev–Trinajstić information content (AvgIpc) is 3.44. The van der Waals surface area contributed by atoms with E-state index in [1.165, 1.54) is 85.2 Å². The van der Waals surface area contributed by atoms with Gasteiger partial charge in [-0.1, -0.05) is 225 Å². The molecular formula is C68H75Cl2N2O2P. The van der Waals surface area contributed by atoms with Crippen LogP contribution in [0.4, 0.5) is 0 Å². The zero-order valence-electron chi connectivity index (χ0n) is 43.9. The third-order valence-corrected chi connectivity index (χ3v) is 21.0. The number of carbonyl (C=O) groups is 2. The Morgan fingerprint density at radius 3 is 1.52 bits per heavy atom. The lowest BCUT2D eigenvalue weighted by molar-refractivity contribution is -0.142. The summed E-state index contributed by atoms with van der Waals surface area (Å²) in [7, 11) is 0. The molecule has 0 aromatic heterocycles.